The van der Waals surface area contributed by atoms with Crippen LogP contribution in [0, 0.1) is 0 Å². The molecule has 1 aromatic heterocycles. The average molecular weight is 172 g/mol. The van der Waals surface area contributed by atoms with Crippen LogP contribution in [-0.2, 0) is 9.53 Å². The molecule has 0 atom stereocenters. The molecule has 1 N–H and O–H groups in total. The maximum absolute atomic E-state index is 9.77. The lowest BCUT2D eigenvalue weighted by atomic mass is 10.5. The molecule has 1 rings (SSSR count). The van der Waals surface area contributed by atoms with Gasteiger partial charge in [0, 0.05) is 0 Å². The molecular weight excluding hydrogens is 164 g/mol. The van der Waals surface area contributed by atoms with E-state index in [0.717, 1.165) is 0 Å². The predicted octanol–water partition coefficient (Wildman–Crippen LogP) is 0.201. The Bertz CT molecular complexity index is 204. The number of ether oxygens (including phenoxy) is 1. The van der Waals surface area contributed by atoms with Crippen LogP contribution in [0.25, 0.3) is 0 Å². The smallest absolute Gasteiger partial charge is 0.295 e. The topological polar surface area (TPSA) is 76.7 Å². The molecule has 0 aliphatic heterocycles. The van der Waals surface area contributed by atoms with Gasteiger partial charge in [-0.15, -0.1) is 0 Å². The molecule has 0 amide bonds. The van der Waals surface area contributed by atoms with Gasteiger partial charge in [0.15, 0.2) is 18.8 Å². The zero-order chi connectivity index (χ0) is 9.23. The first-order valence-electron chi connectivity index (χ1n) is 3.00. The van der Waals surface area contributed by atoms with Crippen LogP contribution in [0.5, 0.6) is 0 Å². The Morgan fingerprint density at radius 3 is 2.50 bits per heavy atom. The lowest BCUT2D eigenvalue weighted by Gasteiger charge is -1.79. The largest absolute Gasteiger partial charge is 0.462 e. The van der Waals surface area contributed by atoms with E-state index in [1.807, 2.05) is 0 Å². The number of hydrogen-bond acceptors (Lipinski definition) is 5. The highest BCUT2D eigenvalue weighted by molar-refractivity contribution is 5.69. The first kappa shape index (κ1) is 10.4. The summed E-state index contributed by atoms with van der Waals surface area (Å²) in [4.78, 5) is 18.8. The van der Waals surface area contributed by atoms with Crippen molar-refractivity contribution in [2.75, 3.05) is 6.79 Å². The normalized spacial score (nSPS) is 7.75. The van der Waals surface area contributed by atoms with E-state index in [1.165, 1.54) is 6.26 Å². The fourth-order valence-corrected chi connectivity index (χ4v) is 0.389. The second kappa shape index (κ2) is 7.49. The van der Waals surface area contributed by atoms with Gasteiger partial charge in [0.25, 0.3) is 6.47 Å². The van der Waals surface area contributed by atoms with Crippen LogP contribution in [0.15, 0.2) is 22.8 Å². The molecule has 0 aromatic carbocycles. The van der Waals surface area contributed by atoms with Gasteiger partial charge in [-0.25, -0.2) is 0 Å². The van der Waals surface area contributed by atoms with Crippen molar-refractivity contribution < 1.29 is 23.8 Å². The van der Waals surface area contributed by atoms with Crippen molar-refractivity contribution in [1.82, 2.24) is 0 Å². The van der Waals surface area contributed by atoms with Crippen LogP contribution in [0.1, 0.15) is 10.6 Å². The molecule has 0 fully saturated rings. The minimum atomic E-state index is -0.524. The van der Waals surface area contributed by atoms with Gasteiger partial charge in [-0.2, -0.15) is 0 Å². The van der Waals surface area contributed by atoms with Gasteiger partial charge in [-0.1, -0.05) is 0 Å². The number of carbonyl (C=O) groups excluding carboxylic acids is 2. The van der Waals surface area contributed by atoms with Crippen molar-refractivity contribution in [1.29, 1.82) is 0 Å². The molecule has 12 heavy (non-hydrogen) atoms. The molecule has 0 radical (unpaired) electrons. The number of rotatable bonds is 3. The maximum Gasteiger partial charge on any atom is 0.295 e. The summed E-state index contributed by atoms with van der Waals surface area (Å²) in [5, 5.41) is 7.61. The van der Waals surface area contributed by atoms with Gasteiger partial charge in [0.2, 0.25) is 0 Å². The average Bonchev–Trinajstić information content (AvgIpc) is 2.58. The predicted molar refractivity (Wildman–Crippen MR) is 38.3 cm³/mol. The third kappa shape index (κ3) is 5.19. The van der Waals surface area contributed by atoms with Crippen LogP contribution in [-0.4, -0.2) is 24.7 Å². The SMILES string of the molecule is O=COCO.O=Cc1ccco1. The van der Waals surface area contributed by atoms with Gasteiger partial charge in [0.05, 0.1) is 6.26 Å². The molecule has 0 aliphatic rings. The molecule has 1 aromatic rings. The number of hydrogen-bond donors (Lipinski definition) is 1. The van der Waals surface area contributed by atoms with Gasteiger partial charge >= 0.3 is 0 Å². The lowest BCUT2D eigenvalue weighted by molar-refractivity contribution is -0.136. The third-order valence-electron chi connectivity index (χ3n) is 0.802. The Labute approximate surface area is 68.6 Å². The van der Waals surface area contributed by atoms with Crippen molar-refractivity contribution in [3.63, 3.8) is 0 Å². The number of aldehydes is 1. The van der Waals surface area contributed by atoms with E-state index in [9.17, 15) is 4.79 Å². The van der Waals surface area contributed by atoms with Gasteiger partial charge < -0.3 is 14.3 Å². The molecule has 0 aliphatic carbocycles. The number of aliphatic hydroxyl groups is 1. The molecule has 1 heterocycles. The summed E-state index contributed by atoms with van der Waals surface area (Å²) < 4.78 is 8.32. The minimum Gasteiger partial charge on any atom is -0.462 e. The molecule has 5 nitrogen and oxygen atoms in total. The summed E-state index contributed by atoms with van der Waals surface area (Å²) >= 11 is 0. The zero-order valence-corrected chi connectivity index (χ0v) is 6.17. The lowest BCUT2D eigenvalue weighted by Crippen LogP contribution is -1.85. The first-order valence-corrected chi connectivity index (χ1v) is 3.00. The van der Waals surface area contributed by atoms with Crippen LogP contribution >= 0.6 is 0 Å². The van der Waals surface area contributed by atoms with Crippen molar-refractivity contribution in [2.24, 2.45) is 0 Å². The molecular formula is C7H8O5. The molecule has 5 heteroatoms. The summed E-state index contributed by atoms with van der Waals surface area (Å²) in [6, 6.07) is 3.27. The Hall–Kier alpha value is -1.62. The van der Waals surface area contributed by atoms with Gasteiger partial charge in [-0.3, -0.25) is 9.59 Å². The highest BCUT2D eigenvalue weighted by Crippen LogP contribution is 1.92. The zero-order valence-electron chi connectivity index (χ0n) is 6.17. The van der Waals surface area contributed by atoms with E-state index in [-0.39, 0.29) is 6.47 Å². The van der Waals surface area contributed by atoms with Crippen LogP contribution in [0.4, 0.5) is 0 Å². The molecule has 0 saturated heterocycles. The Balaban J connectivity index is 0.000000217. The molecule has 0 saturated carbocycles. The van der Waals surface area contributed by atoms with Crippen molar-refractivity contribution in [2.45, 2.75) is 0 Å². The van der Waals surface area contributed by atoms with Gasteiger partial charge in [-0.05, 0) is 12.1 Å². The maximum atomic E-state index is 9.77. The van der Waals surface area contributed by atoms with E-state index in [1.54, 1.807) is 12.1 Å². The number of furan rings is 1. The Morgan fingerprint density at radius 2 is 2.33 bits per heavy atom. The van der Waals surface area contributed by atoms with Crippen molar-refractivity contribution in [3.8, 4) is 0 Å². The second-order valence-electron chi connectivity index (χ2n) is 1.53. The first-order chi connectivity index (χ1) is 5.85. The van der Waals surface area contributed by atoms with E-state index >= 15 is 0 Å². The van der Waals surface area contributed by atoms with E-state index in [4.69, 9.17) is 9.90 Å². The number of carbonyl (C=O) groups is 2. The van der Waals surface area contributed by atoms with E-state index in [0.29, 0.717) is 12.0 Å². The van der Waals surface area contributed by atoms with Crippen LogP contribution < -0.4 is 0 Å². The summed E-state index contributed by atoms with van der Waals surface area (Å²) in [7, 11) is 0. The molecule has 66 valence electrons. The third-order valence-corrected chi connectivity index (χ3v) is 0.802. The minimum absolute atomic E-state index is 0.181. The summed E-state index contributed by atoms with van der Waals surface area (Å²) in [5.41, 5.74) is 0. The Kier molecular flexibility index (Phi) is 6.48. The summed E-state index contributed by atoms with van der Waals surface area (Å²) in [6.07, 6.45) is 2.13. The standard InChI is InChI=1S/C5H4O2.C2H4O3/c6-4-5-2-1-3-7-5;3-1-5-2-4/h1-4H;1,4H,2H2. The fraction of sp³-hybridized carbons (Fsp3) is 0.143. The van der Waals surface area contributed by atoms with Crippen molar-refractivity contribution in [3.05, 3.63) is 24.2 Å². The molecule has 0 spiro atoms. The highest BCUT2D eigenvalue weighted by atomic mass is 16.6. The van der Waals surface area contributed by atoms with Gasteiger partial charge in [0.1, 0.15) is 0 Å². The summed E-state index contributed by atoms with van der Waals surface area (Å²) in [5.74, 6) is 0.375. The second-order valence-corrected chi connectivity index (χ2v) is 1.53. The van der Waals surface area contributed by atoms with E-state index < -0.39 is 6.79 Å². The van der Waals surface area contributed by atoms with Crippen molar-refractivity contribution >= 4 is 12.8 Å². The molecule has 0 unspecified atom stereocenters. The Morgan fingerprint density at radius 1 is 1.58 bits per heavy atom. The van der Waals surface area contributed by atoms with Crippen LogP contribution in [0.2, 0.25) is 0 Å². The molecule has 0 bridgehead atoms. The highest BCUT2D eigenvalue weighted by Gasteiger charge is 1.84. The number of aliphatic hydroxyl groups excluding tert-OH is 1. The monoisotopic (exact) mass is 172 g/mol. The van der Waals surface area contributed by atoms with E-state index in [2.05, 4.69) is 9.15 Å². The quantitative estimate of drug-likeness (QED) is 0.520. The summed E-state index contributed by atoms with van der Waals surface area (Å²) in [6.45, 7) is -0.344. The van der Waals surface area contributed by atoms with Crippen LogP contribution in [0.3, 0.4) is 0 Å². The fourth-order valence-electron chi connectivity index (χ4n) is 0.389.